The van der Waals surface area contributed by atoms with Crippen molar-refractivity contribution in [2.45, 2.75) is 6.54 Å². The predicted octanol–water partition coefficient (Wildman–Crippen LogP) is 1.20. The van der Waals surface area contributed by atoms with Crippen molar-refractivity contribution in [2.24, 2.45) is 0 Å². The van der Waals surface area contributed by atoms with E-state index < -0.39 is 0 Å². The number of benzene rings is 2. The van der Waals surface area contributed by atoms with Crippen LogP contribution in [0.4, 0.5) is 0 Å². The van der Waals surface area contributed by atoms with E-state index in [9.17, 15) is 0 Å². The molecule has 0 spiro atoms. The second-order valence-corrected chi connectivity index (χ2v) is 4.19. The molecule has 0 radical (unpaired) electrons. The summed E-state index contributed by atoms with van der Waals surface area (Å²) in [4.78, 5) is 1.40. The summed E-state index contributed by atoms with van der Waals surface area (Å²) in [6.07, 6.45) is 0. The van der Waals surface area contributed by atoms with Crippen LogP contribution in [-0.4, -0.2) is 13.8 Å². The summed E-state index contributed by atoms with van der Waals surface area (Å²) in [6.45, 7) is 1.82. The number of nitrogens with one attached hydrogen (secondary N) is 1. The summed E-state index contributed by atoms with van der Waals surface area (Å²) in [5.41, 5.74) is 1.34. The van der Waals surface area contributed by atoms with Gasteiger partial charge in [-0.1, -0.05) is 30.3 Å². The van der Waals surface area contributed by atoms with E-state index in [2.05, 4.69) is 43.4 Å². The highest BCUT2D eigenvalue weighted by Gasteiger charge is 2.18. The maximum absolute atomic E-state index is 5.71. The fourth-order valence-corrected chi connectivity index (χ4v) is 2.19. The molecule has 2 aromatic rings. The Labute approximate surface area is 89.1 Å². The van der Waals surface area contributed by atoms with E-state index in [0.717, 1.165) is 19.0 Å². The number of quaternary nitrogens is 1. The molecule has 1 aliphatic rings. The smallest absolute Gasteiger partial charge is 0.222 e. The van der Waals surface area contributed by atoms with Crippen molar-refractivity contribution in [2.75, 3.05) is 13.8 Å². The first-order valence-electron chi connectivity index (χ1n) is 5.29. The summed E-state index contributed by atoms with van der Waals surface area (Å²) in [7, 11) is 2.16. The first-order valence-corrected chi connectivity index (χ1v) is 5.29. The van der Waals surface area contributed by atoms with Crippen molar-refractivity contribution in [3.63, 3.8) is 0 Å². The number of rotatable bonds is 0. The van der Waals surface area contributed by atoms with Gasteiger partial charge in [0.05, 0.1) is 12.6 Å². The normalized spacial score (nSPS) is 19.7. The van der Waals surface area contributed by atoms with Gasteiger partial charge < -0.3 is 9.64 Å². The molecule has 0 saturated carbocycles. The molecule has 1 atom stereocenters. The second kappa shape index (κ2) is 3.24. The van der Waals surface area contributed by atoms with E-state index in [0.29, 0.717) is 0 Å². The molecule has 2 nitrogen and oxygen atoms in total. The number of hydrogen-bond donors (Lipinski definition) is 1. The summed E-state index contributed by atoms with van der Waals surface area (Å²) < 4.78 is 5.71. The molecule has 0 amide bonds. The Balaban J connectivity index is 2.28. The van der Waals surface area contributed by atoms with Crippen LogP contribution in [-0.2, 0) is 6.54 Å². The van der Waals surface area contributed by atoms with Crippen LogP contribution in [0.25, 0.3) is 10.8 Å². The fraction of sp³-hybridized carbons (Fsp3) is 0.231. The molecular weight excluding hydrogens is 186 g/mol. The summed E-state index contributed by atoms with van der Waals surface area (Å²) in [5, 5.41) is 2.63. The number of hydrogen-bond acceptors (Lipinski definition) is 1. The maximum Gasteiger partial charge on any atom is 0.222 e. The zero-order valence-corrected chi connectivity index (χ0v) is 8.79. The largest absolute Gasteiger partial charge is 0.445 e. The molecule has 15 heavy (non-hydrogen) atoms. The van der Waals surface area contributed by atoms with Crippen LogP contribution in [0.5, 0.6) is 5.75 Å². The maximum atomic E-state index is 5.71. The Bertz CT molecular complexity index is 507. The van der Waals surface area contributed by atoms with E-state index in [1.54, 1.807) is 0 Å². The van der Waals surface area contributed by atoms with Gasteiger partial charge >= 0.3 is 0 Å². The molecule has 0 bridgehead atoms. The van der Waals surface area contributed by atoms with Gasteiger partial charge in [0.15, 0.2) is 0 Å². The van der Waals surface area contributed by atoms with Gasteiger partial charge in [-0.25, -0.2) is 0 Å². The van der Waals surface area contributed by atoms with Crippen LogP contribution in [0.1, 0.15) is 5.56 Å². The van der Waals surface area contributed by atoms with Gasteiger partial charge in [-0.3, -0.25) is 0 Å². The molecule has 0 fully saturated rings. The standard InChI is InChI=1S/C13H13NO/c1-14-8-12-11-5-3-2-4-10(11)6-7-13(12)15-9-14/h2-7H,8-9H2,1H3/p+1. The molecule has 3 rings (SSSR count). The lowest BCUT2D eigenvalue weighted by molar-refractivity contribution is -0.913. The lowest BCUT2D eigenvalue weighted by Gasteiger charge is -2.23. The third-order valence-electron chi connectivity index (χ3n) is 2.95. The molecule has 0 aromatic heterocycles. The van der Waals surface area contributed by atoms with Gasteiger partial charge in [0.1, 0.15) is 12.3 Å². The van der Waals surface area contributed by atoms with Crippen LogP contribution in [0.2, 0.25) is 0 Å². The molecule has 2 aromatic carbocycles. The summed E-state index contributed by atoms with van der Waals surface area (Å²) >= 11 is 0. The summed E-state index contributed by atoms with van der Waals surface area (Å²) in [5.74, 6) is 1.05. The average molecular weight is 200 g/mol. The second-order valence-electron chi connectivity index (χ2n) is 4.19. The van der Waals surface area contributed by atoms with E-state index >= 15 is 0 Å². The fourth-order valence-electron chi connectivity index (χ4n) is 2.19. The Kier molecular flexibility index (Phi) is 1.89. The van der Waals surface area contributed by atoms with Gasteiger partial charge in [0.25, 0.3) is 0 Å². The summed E-state index contributed by atoms with van der Waals surface area (Å²) in [6, 6.07) is 12.7. The van der Waals surface area contributed by atoms with Crippen LogP contribution >= 0.6 is 0 Å². The van der Waals surface area contributed by atoms with Crippen LogP contribution < -0.4 is 9.64 Å². The minimum atomic E-state index is 0.769. The van der Waals surface area contributed by atoms with Crippen molar-refractivity contribution >= 4 is 10.8 Å². The van der Waals surface area contributed by atoms with E-state index in [1.807, 2.05) is 0 Å². The Hall–Kier alpha value is -1.54. The van der Waals surface area contributed by atoms with Gasteiger partial charge in [-0.05, 0) is 16.8 Å². The molecule has 0 saturated heterocycles. The van der Waals surface area contributed by atoms with Crippen LogP contribution in [0.3, 0.4) is 0 Å². The van der Waals surface area contributed by atoms with Crippen LogP contribution in [0.15, 0.2) is 36.4 Å². The SMILES string of the molecule is C[NH+]1COc2ccc3ccccc3c2C1. The molecule has 1 aliphatic heterocycles. The van der Waals surface area contributed by atoms with Gasteiger partial charge in [-0.2, -0.15) is 0 Å². The van der Waals surface area contributed by atoms with Gasteiger partial charge in [-0.15, -0.1) is 0 Å². The highest BCUT2D eigenvalue weighted by molar-refractivity contribution is 5.87. The van der Waals surface area contributed by atoms with Crippen molar-refractivity contribution in [3.05, 3.63) is 42.0 Å². The van der Waals surface area contributed by atoms with Crippen LogP contribution in [0, 0.1) is 0 Å². The van der Waals surface area contributed by atoms with E-state index in [4.69, 9.17) is 4.74 Å². The number of fused-ring (bicyclic) bond motifs is 3. The average Bonchev–Trinajstić information content (AvgIpc) is 2.29. The minimum Gasteiger partial charge on any atom is -0.445 e. The topological polar surface area (TPSA) is 13.7 Å². The molecule has 1 N–H and O–H groups in total. The lowest BCUT2D eigenvalue weighted by atomic mass is 10.0. The highest BCUT2D eigenvalue weighted by Crippen LogP contribution is 2.28. The van der Waals surface area contributed by atoms with Crippen molar-refractivity contribution in [1.82, 2.24) is 0 Å². The highest BCUT2D eigenvalue weighted by atomic mass is 16.5. The zero-order chi connectivity index (χ0) is 10.3. The first kappa shape index (κ1) is 8.74. The Morgan fingerprint density at radius 3 is 2.93 bits per heavy atom. The zero-order valence-electron chi connectivity index (χ0n) is 8.79. The molecular formula is C13H14NO+. The Morgan fingerprint density at radius 1 is 1.13 bits per heavy atom. The van der Waals surface area contributed by atoms with E-state index in [-0.39, 0.29) is 0 Å². The van der Waals surface area contributed by atoms with Crippen molar-refractivity contribution in [1.29, 1.82) is 0 Å². The van der Waals surface area contributed by atoms with Gasteiger partial charge in [0, 0.05) is 0 Å². The first-order chi connectivity index (χ1) is 7.34. The monoisotopic (exact) mass is 200 g/mol. The third kappa shape index (κ3) is 1.38. The lowest BCUT2D eigenvalue weighted by Crippen LogP contribution is -3.09. The molecule has 2 heteroatoms. The number of ether oxygens (including phenoxy) is 1. The third-order valence-corrected chi connectivity index (χ3v) is 2.95. The molecule has 76 valence electrons. The van der Waals surface area contributed by atoms with Crippen molar-refractivity contribution < 1.29 is 9.64 Å². The van der Waals surface area contributed by atoms with Gasteiger partial charge in [0.2, 0.25) is 6.73 Å². The van der Waals surface area contributed by atoms with Crippen molar-refractivity contribution in [3.8, 4) is 5.75 Å². The van der Waals surface area contributed by atoms with E-state index in [1.165, 1.54) is 21.2 Å². The molecule has 1 unspecified atom stereocenters. The molecule has 1 heterocycles. The predicted molar refractivity (Wildman–Crippen MR) is 60.0 cm³/mol. The Morgan fingerprint density at radius 2 is 2.00 bits per heavy atom. The quantitative estimate of drug-likeness (QED) is 0.674. The molecule has 0 aliphatic carbocycles. The minimum absolute atomic E-state index is 0.769.